The van der Waals surface area contributed by atoms with E-state index in [0.717, 1.165) is 50.4 Å². The highest BCUT2D eigenvalue weighted by Crippen LogP contribution is 2.33. The Morgan fingerprint density at radius 2 is 1.87 bits per heavy atom. The maximum Gasteiger partial charge on any atom is 0.254 e. The van der Waals surface area contributed by atoms with E-state index in [-0.39, 0.29) is 5.56 Å². The first-order valence-electron chi connectivity index (χ1n) is 11.5. The van der Waals surface area contributed by atoms with Crippen LogP contribution in [0, 0.1) is 5.92 Å². The molecule has 2 aliphatic rings. The average molecular weight is 426 g/mol. The van der Waals surface area contributed by atoms with Crippen molar-refractivity contribution in [1.82, 2.24) is 4.57 Å². The Balaban J connectivity index is 1.68. The van der Waals surface area contributed by atoms with Gasteiger partial charge in [0.15, 0.2) is 0 Å². The Hall–Kier alpha value is -2.31. The topological polar surface area (TPSA) is 46.9 Å². The van der Waals surface area contributed by atoms with E-state index in [4.69, 9.17) is 9.47 Å². The van der Waals surface area contributed by atoms with E-state index in [2.05, 4.69) is 53.1 Å². The number of ether oxygens (including phenoxy) is 2. The second-order valence-electron chi connectivity index (χ2n) is 8.72. The monoisotopic (exact) mass is 425 g/mol. The number of aromatic nitrogens is 1. The Morgan fingerprint density at radius 1 is 1.10 bits per heavy atom. The van der Waals surface area contributed by atoms with Crippen LogP contribution in [-0.2, 0) is 22.4 Å². The first-order valence-corrected chi connectivity index (χ1v) is 11.5. The Morgan fingerprint density at radius 3 is 2.61 bits per heavy atom. The van der Waals surface area contributed by atoms with Gasteiger partial charge >= 0.3 is 0 Å². The molecule has 3 heterocycles. The first-order chi connectivity index (χ1) is 15.2. The van der Waals surface area contributed by atoms with E-state index in [0.29, 0.717) is 38.3 Å². The molecule has 2 aromatic rings. The van der Waals surface area contributed by atoms with Gasteiger partial charge in [-0.3, -0.25) is 9.36 Å². The lowest BCUT2D eigenvalue weighted by atomic mass is 9.96. The molecule has 4 rings (SSSR count). The summed E-state index contributed by atoms with van der Waals surface area (Å²) in [5.41, 5.74) is 2.45. The van der Waals surface area contributed by atoms with Gasteiger partial charge in [-0.15, -0.1) is 0 Å². The van der Waals surface area contributed by atoms with Crippen LogP contribution in [0.15, 0.2) is 47.3 Å². The molecule has 2 atom stereocenters. The minimum absolute atomic E-state index is 0.0770. The lowest BCUT2D eigenvalue weighted by Gasteiger charge is -2.34. The molecule has 0 unspecified atom stereocenters. The van der Waals surface area contributed by atoms with Crippen molar-refractivity contribution >= 4 is 11.5 Å². The number of anilines is 2. The van der Waals surface area contributed by atoms with Crippen molar-refractivity contribution < 1.29 is 9.47 Å². The molecular formula is C25H35N3O3. The van der Waals surface area contributed by atoms with Crippen LogP contribution in [0.1, 0.15) is 25.3 Å². The highest BCUT2D eigenvalue weighted by atomic mass is 16.5. The van der Waals surface area contributed by atoms with E-state index >= 15 is 0 Å². The Kier molecular flexibility index (Phi) is 7.30. The number of hydrogen-bond donors (Lipinski definition) is 0. The summed E-state index contributed by atoms with van der Waals surface area (Å²) in [7, 11) is 1.71. The zero-order valence-electron chi connectivity index (χ0n) is 18.8. The highest BCUT2D eigenvalue weighted by molar-refractivity contribution is 5.57. The minimum Gasteiger partial charge on any atom is -0.385 e. The van der Waals surface area contributed by atoms with Crippen LogP contribution in [0.4, 0.5) is 11.5 Å². The molecular weight excluding hydrogens is 390 g/mol. The molecule has 0 radical (unpaired) electrons. The number of pyridine rings is 1. The maximum absolute atomic E-state index is 13.2. The van der Waals surface area contributed by atoms with E-state index in [9.17, 15) is 4.79 Å². The Labute approximate surface area is 185 Å². The molecule has 2 saturated heterocycles. The van der Waals surface area contributed by atoms with Gasteiger partial charge in [-0.1, -0.05) is 37.3 Å². The number of morpholine rings is 1. The summed E-state index contributed by atoms with van der Waals surface area (Å²) >= 11 is 0. The SMILES string of the molecule is COCCCn1c(N2CC[C@H](C)[C@H]2Cc2ccccc2)cc(N2CCOCC2)cc1=O. The van der Waals surface area contributed by atoms with Crippen molar-refractivity contribution in [3.63, 3.8) is 0 Å². The maximum atomic E-state index is 13.2. The van der Waals surface area contributed by atoms with Gasteiger partial charge in [0.1, 0.15) is 5.82 Å². The lowest BCUT2D eigenvalue weighted by molar-refractivity contribution is 0.122. The minimum atomic E-state index is 0.0770. The summed E-state index contributed by atoms with van der Waals surface area (Å²) in [4.78, 5) is 18.0. The lowest BCUT2D eigenvalue weighted by Crippen LogP contribution is -2.40. The standard InChI is InChI=1S/C25H35N3O3/c1-20-9-11-27(23(20)17-21-7-4-3-5-8-21)24-18-22(26-12-15-31-16-13-26)19-25(29)28(24)10-6-14-30-2/h3-5,7-8,18-20,23H,6,9-17H2,1-2H3/t20-,23+/m0/s1. The van der Waals surface area contributed by atoms with Gasteiger partial charge in [-0.2, -0.15) is 0 Å². The fourth-order valence-electron chi connectivity index (χ4n) is 4.86. The second-order valence-corrected chi connectivity index (χ2v) is 8.72. The molecule has 6 heteroatoms. The third kappa shape index (κ3) is 5.13. The normalized spacial score (nSPS) is 21.6. The number of nitrogens with zero attached hydrogens (tertiary/aromatic N) is 3. The molecule has 168 valence electrons. The molecule has 0 aliphatic carbocycles. The van der Waals surface area contributed by atoms with Gasteiger partial charge < -0.3 is 19.3 Å². The zero-order chi connectivity index (χ0) is 21.6. The molecule has 0 N–H and O–H groups in total. The summed E-state index contributed by atoms with van der Waals surface area (Å²) < 4.78 is 12.7. The average Bonchev–Trinajstić information content (AvgIpc) is 3.16. The molecule has 0 spiro atoms. The third-order valence-corrected chi connectivity index (χ3v) is 6.66. The van der Waals surface area contributed by atoms with Crippen LogP contribution in [0.2, 0.25) is 0 Å². The largest absolute Gasteiger partial charge is 0.385 e. The van der Waals surface area contributed by atoms with Gasteiger partial charge in [0, 0.05) is 63.8 Å². The van der Waals surface area contributed by atoms with Crippen LogP contribution in [-0.4, -0.2) is 57.2 Å². The van der Waals surface area contributed by atoms with Crippen molar-refractivity contribution in [2.24, 2.45) is 5.92 Å². The number of methoxy groups -OCH3 is 1. The zero-order valence-corrected chi connectivity index (χ0v) is 18.8. The predicted octanol–water partition coefficient (Wildman–Crippen LogP) is 3.18. The fraction of sp³-hybridized carbons (Fsp3) is 0.560. The summed E-state index contributed by atoms with van der Waals surface area (Å²) in [6.07, 6.45) is 2.97. The van der Waals surface area contributed by atoms with E-state index in [1.165, 1.54) is 5.56 Å². The van der Waals surface area contributed by atoms with Crippen molar-refractivity contribution in [2.45, 2.75) is 38.8 Å². The van der Waals surface area contributed by atoms with Crippen LogP contribution in [0.3, 0.4) is 0 Å². The molecule has 31 heavy (non-hydrogen) atoms. The smallest absolute Gasteiger partial charge is 0.254 e. The number of benzene rings is 1. The van der Waals surface area contributed by atoms with Crippen LogP contribution >= 0.6 is 0 Å². The molecule has 6 nitrogen and oxygen atoms in total. The van der Waals surface area contributed by atoms with Gasteiger partial charge in [0.25, 0.3) is 5.56 Å². The highest BCUT2D eigenvalue weighted by Gasteiger charge is 2.33. The summed E-state index contributed by atoms with van der Waals surface area (Å²) in [5.74, 6) is 1.63. The molecule has 0 bridgehead atoms. The Bertz CT molecular complexity index is 893. The molecule has 0 amide bonds. The second kappa shape index (κ2) is 10.3. The van der Waals surface area contributed by atoms with Crippen molar-refractivity contribution in [3.05, 3.63) is 58.4 Å². The molecule has 0 saturated carbocycles. The molecule has 1 aromatic heterocycles. The van der Waals surface area contributed by atoms with Crippen LogP contribution in [0.5, 0.6) is 0 Å². The molecule has 2 fully saturated rings. The summed E-state index contributed by atoms with van der Waals surface area (Å²) in [6, 6.07) is 15.1. The van der Waals surface area contributed by atoms with Crippen molar-refractivity contribution in [1.29, 1.82) is 0 Å². The number of rotatable bonds is 8. The summed E-state index contributed by atoms with van der Waals surface area (Å²) in [5, 5.41) is 0. The third-order valence-electron chi connectivity index (χ3n) is 6.66. The van der Waals surface area contributed by atoms with Gasteiger partial charge in [-0.25, -0.2) is 0 Å². The fourth-order valence-corrected chi connectivity index (χ4v) is 4.86. The quantitative estimate of drug-likeness (QED) is 0.608. The van der Waals surface area contributed by atoms with Gasteiger partial charge in [-0.05, 0) is 30.7 Å². The van der Waals surface area contributed by atoms with Crippen molar-refractivity contribution in [3.8, 4) is 0 Å². The van der Waals surface area contributed by atoms with Crippen LogP contribution < -0.4 is 15.4 Å². The van der Waals surface area contributed by atoms with E-state index in [1.807, 2.05) is 4.57 Å². The van der Waals surface area contributed by atoms with E-state index in [1.54, 1.807) is 13.2 Å². The molecule has 2 aliphatic heterocycles. The first kappa shape index (κ1) is 21.9. The van der Waals surface area contributed by atoms with Gasteiger partial charge in [0.05, 0.1) is 13.2 Å². The summed E-state index contributed by atoms with van der Waals surface area (Å²) in [6.45, 7) is 7.73. The van der Waals surface area contributed by atoms with E-state index < -0.39 is 0 Å². The van der Waals surface area contributed by atoms with Gasteiger partial charge in [0.2, 0.25) is 0 Å². The number of hydrogen-bond acceptors (Lipinski definition) is 5. The van der Waals surface area contributed by atoms with Crippen molar-refractivity contribution in [2.75, 3.05) is 56.4 Å². The predicted molar refractivity (Wildman–Crippen MR) is 125 cm³/mol. The molecule has 1 aromatic carbocycles. The van der Waals surface area contributed by atoms with Crippen LogP contribution in [0.25, 0.3) is 0 Å².